The number of hydrogen-bond donors (Lipinski definition) is 1. The Morgan fingerprint density at radius 3 is 3.06 bits per heavy atom. The number of aromatic nitrogens is 3. The van der Waals surface area contributed by atoms with Gasteiger partial charge in [-0.1, -0.05) is 12.1 Å². The molecule has 0 fully saturated rings. The van der Waals surface area contributed by atoms with Gasteiger partial charge in [0, 0.05) is 25.9 Å². The van der Waals surface area contributed by atoms with Gasteiger partial charge in [0.1, 0.15) is 0 Å². The molecule has 0 spiro atoms. The van der Waals surface area contributed by atoms with Crippen LogP contribution in [0, 0.1) is 0 Å². The average Bonchev–Trinajstić information content (AvgIpc) is 2.87. The van der Waals surface area contributed by atoms with Crippen molar-refractivity contribution in [3.05, 3.63) is 24.2 Å². The summed E-state index contributed by atoms with van der Waals surface area (Å²) in [5, 5.41) is 11.4. The third-order valence-electron chi connectivity index (χ3n) is 2.28. The lowest BCUT2D eigenvalue weighted by Gasteiger charge is -1.96. The molecule has 0 atom stereocenters. The zero-order chi connectivity index (χ0) is 11.4. The van der Waals surface area contributed by atoms with Crippen LogP contribution in [0.4, 0.5) is 0 Å². The molecular formula is C11H16N4O. The minimum Gasteiger partial charge on any atom is -0.356 e. The molecule has 5 nitrogen and oxygen atoms in total. The zero-order valence-electron chi connectivity index (χ0n) is 9.60. The van der Waals surface area contributed by atoms with Gasteiger partial charge in [-0.15, -0.1) is 0 Å². The molecule has 0 aliphatic carbocycles. The highest BCUT2D eigenvalue weighted by molar-refractivity contribution is 5.54. The first-order chi connectivity index (χ1) is 7.79. The van der Waals surface area contributed by atoms with Crippen molar-refractivity contribution >= 4 is 0 Å². The maximum Gasteiger partial charge on any atom is 0.170 e. The Morgan fingerprint density at radius 2 is 2.38 bits per heavy atom. The van der Waals surface area contributed by atoms with E-state index in [0.29, 0.717) is 0 Å². The van der Waals surface area contributed by atoms with Crippen LogP contribution >= 0.6 is 0 Å². The molecule has 2 heterocycles. The number of nitrogens with one attached hydrogen (secondary N) is 1. The molecular weight excluding hydrogens is 204 g/mol. The van der Waals surface area contributed by atoms with Crippen molar-refractivity contribution in [2.75, 3.05) is 6.54 Å². The molecule has 5 heteroatoms. The van der Waals surface area contributed by atoms with Crippen LogP contribution in [0.5, 0.6) is 0 Å². The molecule has 0 bridgehead atoms. The summed E-state index contributed by atoms with van der Waals surface area (Å²) < 4.78 is 6.99. The highest BCUT2D eigenvalue weighted by atomic mass is 16.5. The minimum atomic E-state index is 0.748. The van der Waals surface area contributed by atoms with Gasteiger partial charge < -0.3 is 9.84 Å². The molecule has 2 rings (SSSR count). The molecule has 16 heavy (non-hydrogen) atoms. The largest absolute Gasteiger partial charge is 0.356 e. The SMILES string of the molecule is CCCNCc1cc(-c2cnn(C)c2)on1. The third-order valence-corrected chi connectivity index (χ3v) is 2.28. The Labute approximate surface area is 94.4 Å². The van der Waals surface area contributed by atoms with Crippen molar-refractivity contribution in [1.82, 2.24) is 20.3 Å². The van der Waals surface area contributed by atoms with Crippen molar-refractivity contribution in [3.8, 4) is 11.3 Å². The van der Waals surface area contributed by atoms with Crippen molar-refractivity contribution in [2.24, 2.45) is 7.05 Å². The van der Waals surface area contributed by atoms with E-state index in [-0.39, 0.29) is 0 Å². The Balaban J connectivity index is 2.02. The lowest BCUT2D eigenvalue weighted by Crippen LogP contribution is -2.13. The fourth-order valence-electron chi connectivity index (χ4n) is 1.47. The molecule has 86 valence electrons. The van der Waals surface area contributed by atoms with Crippen LogP contribution < -0.4 is 5.32 Å². The van der Waals surface area contributed by atoms with E-state index in [1.54, 1.807) is 10.9 Å². The standard InChI is InChI=1S/C11H16N4O/c1-3-4-12-7-10-5-11(16-14-10)9-6-13-15(2)8-9/h5-6,8,12H,3-4,7H2,1-2H3. The Morgan fingerprint density at radius 1 is 1.50 bits per heavy atom. The molecule has 0 saturated heterocycles. The molecule has 0 amide bonds. The second-order valence-corrected chi connectivity index (χ2v) is 3.76. The van der Waals surface area contributed by atoms with E-state index in [2.05, 4.69) is 22.5 Å². The maximum absolute atomic E-state index is 5.25. The van der Waals surface area contributed by atoms with Crippen molar-refractivity contribution < 1.29 is 4.52 Å². The molecule has 2 aromatic rings. The summed E-state index contributed by atoms with van der Waals surface area (Å²) in [5.41, 5.74) is 1.88. The lowest BCUT2D eigenvalue weighted by molar-refractivity contribution is 0.420. The van der Waals surface area contributed by atoms with Gasteiger partial charge in [0.2, 0.25) is 0 Å². The molecule has 1 N–H and O–H groups in total. The highest BCUT2D eigenvalue weighted by Gasteiger charge is 2.07. The summed E-state index contributed by atoms with van der Waals surface area (Å²) in [6.45, 7) is 3.88. The van der Waals surface area contributed by atoms with Crippen LogP contribution in [-0.2, 0) is 13.6 Å². The first kappa shape index (κ1) is 10.9. The van der Waals surface area contributed by atoms with E-state index in [1.807, 2.05) is 19.3 Å². The predicted molar refractivity (Wildman–Crippen MR) is 60.7 cm³/mol. The maximum atomic E-state index is 5.25. The number of nitrogens with zero attached hydrogens (tertiary/aromatic N) is 3. The van der Waals surface area contributed by atoms with E-state index >= 15 is 0 Å². The average molecular weight is 220 g/mol. The Bertz CT molecular complexity index is 446. The van der Waals surface area contributed by atoms with E-state index in [9.17, 15) is 0 Å². The topological polar surface area (TPSA) is 55.9 Å². The molecule has 0 aliphatic rings. The van der Waals surface area contributed by atoms with Gasteiger partial charge in [0.15, 0.2) is 5.76 Å². The van der Waals surface area contributed by atoms with E-state index in [0.717, 1.165) is 36.5 Å². The predicted octanol–water partition coefficient (Wildman–Crippen LogP) is 1.57. The monoisotopic (exact) mass is 220 g/mol. The van der Waals surface area contributed by atoms with Gasteiger partial charge in [-0.2, -0.15) is 5.10 Å². The van der Waals surface area contributed by atoms with Crippen molar-refractivity contribution in [2.45, 2.75) is 19.9 Å². The molecule has 0 unspecified atom stereocenters. The van der Waals surface area contributed by atoms with Crippen LogP contribution in [-0.4, -0.2) is 21.5 Å². The molecule has 0 aromatic carbocycles. The molecule has 0 saturated carbocycles. The Hall–Kier alpha value is -1.62. The number of aryl methyl sites for hydroxylation is 1. The van der Waals surface area contributed by atoms with Crippen LogP contribution in [0.25, 0.3) is 11.3 Å². The van der Waals surface area contributed by atoms with Crippen LogP contribution in [0.2, 0.25) is 0 Å². The lowest BCUT2D eigenvalue weighted by atomic mass is 10.2. The highest BCUT2D eigenvalue weighted by Crippen LogP contribution is 2.18. The summed E-state index contributed by atoms with van der Waals surface area (Å²) in [5.74, 6) is 0.765. The van der Waals surface area contributed by atoms with Gasteiger partial charge in [0.05, 0.1) is 17.5 Å². The summed E-state index contributed by atoms with van der Waals surface area (Å²) in [7, 11) is 1.88. The second-order valence-electron chi connectivity index (χ2n) is 3.76. The summed E-state index contributed by atoms with van der Waals surface area (Å²) in [6.07, 6.45) is 4.79. The van der Waals surface area contributed by atoms with Gasteiger partial charge >= 0.3 is 0 Å². The summed E-state index contributed by atoms with van der Waals surface area (Å²) in [4.78, 5) is 0. The normalized spacial score (nSPS) is 10.9. The smallest absolute Gasteiger partial charge is 0.170 e. The van der Waals surface area contributed by atoms with Crippen LogP contribution in [0.3, 0.4) is 0 Å². The molecule has 0 aliphatic heterocycles. The Kier molecular flexibility index (Phi) is 3.36. The number of hydrogen-bond acceptors (Lipinski definition) is 4. The third kappa shape index (κ3) is 2.49. The fraction of sp³-hybridized carbons (Fsp3) is 0.455. The van der Waals surface area contributed by atoms with E-state index < -0.39 is 0 Å². The molecule has 0 radical (unpaired) electrons. The summed E-state index contributed by atoms with van der Waals surface area (Å²) in [6, 6.07) is 1.94. The first-order valence-corrected chi connectivity index (χ1v) is 5.45. The van der Waals surface area contributed by atoms with Gasteiger partial charge in [0.25, 0.3) is 0 Å². The minimum absolute atomic E-state index is 0.748. The molecule has 2 aromatic heterocycles. The van der Waals surface area contributed by atoms with Gasteiger partial charge in [-0.05, 0) is 13.0 Å². The van der Waals surface area contributed by atoms with Gasteiger partial charge in [-0.3, -0.25) is 4.68 Å². The zero-order valence-corrected chi connectivity index (χ0v) is 9.60. The fourth-order valence-corrected chi connectivity index (χ4v) is 1.47. The van der Waals surface area contributed by atoms with Gasteiger partial charge in [-0.25, -0.2) is 0 Å². The first-order valence-electron chi connectivity index (χ1n) is 5.45. The second kappa shape index (κ2) is 4.94. The van der Waals surface area contributed by atoms with Crippen LogP contribution in [0.1, 0.15) is 19.0 Å². The van der Waals surface area contributed by atoms with E-state index in [1.165, 1.54) is 0 Å². The van der Waals surface area contributed by atoms with Crippen LogP contribution in [0.15, 0.2) is 23.0 Å². The van der Waals surface area contributed by atoms with Crippen molar-refractivity contribution in [3.63, 3.8) is 0 Å². The quantitative estimate of drug-likeness (QED) is 0.777. The van der Waals surface area contributed by atoms with Crippen molar-refractivity contribution in [1.29, 1.82) is 0 Å². The van der Waals surface area contributed by atoms with E-state index in [4.69, 9.17) is 4.52 Å². The summed E-state index contributed by atoms with van der Waals surface area (Å²) >= 11 is 0. The number of rotatable bonds is 5.